The number of furan rings is 1. The van der Waals surface area contributed by atoms with E-state index in [0.29, 0.717) is 4.67 Å². The number of rotatable bonds is 3. The summed E-state index contributed by atoms with van der Waals surface area (Å²) in [4.78, 5) is 11.2. The van der Waals surface area contributed by atoms with Crippen LogP contribution in [0.15, 0.2) is 57.6 Å². The number of hydrogen-bond donors (Lipinski definition) is 1. The van der Waals surface area contributed by atoms with Crippen molar-refractivity contribution in [1.82, 2.24) is 0 Å². The molecule has 21 heavy (non-hydrogen) atoms. The number of carbonyl (C=O) groups is 1. The summed E-state index contributed by atoms with van der Waals surface area (Å²) in [7, 11) is 0. The maximum absolute atomic E-state index is 11.2. The van der Waals surface area contributed by atoms with Gasteiger partial charge < -0.3 is 9.52 Å². The number of aliphatic carboxylic acids is 1. The normalized spacial score (nSPS) is 12.5. The van der Waals surface area contributed by atoms with Crippen LogP contribution in [0.1, 0.15) is 18.4 Å². The smallest absolute Gasteiger partial charge is 0.310 e. The zero-order valence-electron chi connectivity index (χ0n) is 11.3. The van der Waals surface area contributed by atoms with Gasteiger partial charge in [-0.3, -0.25) is 4.79 Å². The van der Waals surface area contributed by atoms with E-state index in [0.717, 1.165) is 27.7 Å². The zero-order chi connectivity index (χ0) is 15.0. The Hall–Kier alpha value is -2.07. The van der Waals surface area contributed by atoms with Gasteiger partial charge in [0.2, 0.25) is 0 Å². The molecule has 1 unspecified atom stereocenters. The molecule has 1 aromatic heterocycles. The molecule has 0 saturated carbocycles. The molecule has 0 amide bonds. The van der Waals surface area contributed by atoms with Gasteiger partial charge in [0, 0.05) is 10.9 Å². The predicted octanol–water partition coefficient (Wildman–Crippen LogP) is 5.05. The number of hydrogen-bond acceptors (Lipinski definition) is 2. The molecule has 106 valence electrons. The maximum Gasteiger partial charge on any atom is 0.310 e. The number of halogens is 1. The molecule has 2 aromatic carbocycles. The fourth-order valence-corrected chi connectivity index (χ4v) is 2.99. The van der Waals surface area contributed by atoms with Crippen LogP contribution in [0.2, 0.25) is 0 Å². The Bertz CT molecular complexity index is 806. The van der Waals surface area contributed by atoms with Crippen LogP contribution in [0, 0.1) is 0 Å². The van der Waals surface area contributed by atoms with E-state index in [1.807, 2.05) is 42.5 Å². The van der Waals surface area contributed by atoms with Gasteiger partial charge in [0.15, 0.2) is 4.67 Å². The van der Waals surface area contributed by atoms with E-state index in [4.69, 9.17) is 9.52 Å². The Morgan fingerprint density at radius 3 is 2.57 bits per heavy atom. The molecule has 0 radical (unpaired) electrons. The van der Waals surface area contributed by atoms with E-state index in [2.05, 4.69) is 15.9 Å². The van der Waals surface area contributed by atoms with Crippen LogP contribution in [0.5, 0.6) is 0 Å². The van der Waals surface area contributed by atoms with E-state index in [1.165, 1.54) is 0 Å². The third-order valence-corrected chi connectivity index (χ3v) is 4.16. The Labute approximate surface area is 130 Å². The molecule has 0 fully saturated rings. The largest absolute Gasteiger partial charge is 0.481 e. The number of carboxylic acid groups (broad SMARTS) is 1. The minimum absolute atomic E-state index is 0.549. The van der Waals surface area contributed by atoms with Gasteiger partial charge in [-0.05, 0) is 46.1 Å². The summed E-state index contributed by atoms with van der Waals surface area (Å²) >= 11 is 3.45. The molecule has 1 atom stereocenters. The molecule has 0 aliphatic carbocycles. The first-order valence-electron chi connectivity index (χ1n) is 6.58. The van der Waals surface area contributed by atoms with Crippen LogP contribution in [0.3, 0.4) is 0 Å². The van der Waals surface area contributed by atoms with E-state index in [1.54, 1.807) is 13.0 Å². The van der Waals surface area contributed by atoms with Crippen LogP contribution in [0.25, 0.3) is 22.1 Å². The molecule has 0 aliphatic rings. The van der Waals surface area contributed by atoms with E-state index < -0.39 is 11.9 Å². The van der Waals surface area contributed by atoms with Gasteiger partial charge in [-0.1, -0.05) is 36.4 Å². The van der Waals surface area contributed by atoms with Crippen LogP contribution in [-0.4, -0.2) is 11.1 Å². The number of fused-ring (bicyclic) bond motifs is 1. The second kappa shape index (κ2) is 5.37. The van der Waals surface area contributed by atoms with Gasteiger partial charge in [-0.25, -0.2) is 0 Å². The number of carboxylic acids is 1. The van der Waals surface area contributed by atoms with E-state index in [9.17, 15) is 4.79 Å². The lowest BCUT2D eigenvalue weighted by Crippen LogP contribution is -2.06. The Balaban J connectivity index is 2.23. The average molecular weight is 345 g/mol. The van der Waals surface area contributed by atoms with Crippen molar-refractivity contribution in [3.63, 3.8) is 0 Å². The molecular weight excluding hydrogens is 332 g/mol. The summed E-state index contributed by atoms with van der Waals surface area (Å²) in [6, 6.07) is 15.4. The van der Waals surface area contributed by atoms with Gasteiger partial charge in [0.25, 0.3) is 0 Å². The minimum Gasteiger partial charge on any atom is -0.481 e. The highest BCUT2D eigenvalue weighted by Gasteiger charge is 2.18. The molecule has 0 saturated heterocycles. The topological polar surface area (TPSA) is 50.4 Å². The molecule has 4 heteroatoms. The van der Waals surface area contributed by atoms with Crippen molar-refractivity contribution in [2.75, 3.05) is 0 Å². The van der Waals surface area contributed by atoms with E-state index in [-0.39, 0.29) is 0 Å². The van der Waals surface area contributed by atoms with Crippen LogP contribution in [0.4, 0.5) is 0 Å². The third-order valence-electron chi connectivity index (χ3n) is 3.60. The Kier molecular flexibility index (Phi) is 3.55. The van der Waals surface area contributed by atoms with Gasteiger partial charge >= 0.3 is 5.97 Å². The first kappa shape index (κ1) is 13.9. The molecule has 0 bridgehead atoms. The third kappa shape index (κ3) is 2.47. The van der Waals surface area contributed by atoms with Gasteiger partial charge in [-0.15, -0.1) is 0 Å². The molecule has 0 aliphatic heterocycles. The molecular formula is C17H13BrO3. The van der Waals surface area contributed by atoms with Crippen LogP contribution in [-0.2, 0) is 4.79 Å². The first-order chi connectivity index (χ1) is 10.1. The van der Waals surface area contributed by atoms with E-state index >= 15 is 0 Å². The predicted molar refractivity (Wildman–Crippen MR) is 85.4 cm³/mol. The fourth-order valence-electron chi connectivity index (χ4n) is 2.37. The standard InChI is InChI=1S/C17H13BrO3/c1-10(17(19)20)12-7-8-14-13(9-12)15(16(18)21-14)11-5-3-2-4-6-11/h2-10H,1H3,(H,19,20). The Morgan fingerprint density at radius 1 is 1.19 bits per heavy atom. The highest BCUT2D eigenvalue weighted by Crippen LogP contribution is 2.39. The summed E-state index contributed by atoms with van der Waals surface area (Å²) in [5.41, 5.74) is 3.48. The summed E-state index contributed by atoms with van der Waals surface area (Å²) < 4.78 is 6.37. The van der Waals surface area contributed by atoms with Gasteiger partial charge in [0.05, 0.1) is 5.92 Å². The van der Waals surface area contributed by atoms with Crippen LogP contribution >= 0.6 is 15.9 Å². The van der Waals surface area contributed by atoms with Gasteiger partial charge in [0.1, 0.15) is 5.58 Å². The van der Waals surface area contributed by atoms with Crippen molar-refractivity contribution in [1.29, 1.82) is 0 Å². The van der Waals surface area contributed by atoms with Gasteiger partial charge in [-0.2, -0.15) is 0 Å². The van der Waals surface area contributed by atoms with Crippen molar-refractivity contribution in [2.24, 2.45) is 0 Å². The lowest BCUT2D eigenvalue weighted by molar-refractivity contribution is -0.138. The second-order valence-corrected chi connectivity index (χ2v) is 5.65. The fraction of sp³-hybridized carbons (Fsp3) is 0.118. The summed E-state index contributed by atoms with van der Waals surface area (Å²) in [5.74, 6) is -1.38. The minimum atomic E-state index is -0.835. The quantitative estimate of drug-likeness (QED) is 0.723. The van der Waals surface area contributed by atoms with Crippen molar-refractivity contribution in [2.45, 2.75) is 12.8 Å². The molecule has 3 rings (SSSR count). The van der Waals surface area contributed by atoms with Crippen molar-refractivity contribution < 1.29 is 14.3 Å². The molecule has 3 aromatic rings. The second-order valence-electron chi connectivity index (χ2n) is 4.93. The SMILES string of the molecule is CC(C(=O)O)c1ccc2oc(Br)c(-c3ccccc3)c2c1. The van der Waals surface area contributed by atoms with Crippen LogP contribution < -0.4 is 0 Å². The number of benzene rings is 2. The molecule has 0 spiro atoms. The van der Waals surface area contributed by atoms with Crippen molar-refractivity contribution >= 4 is 32.9 Å². The highest BCUT2D eigenvalue weighted by molar-refractivity contribution is 9.10. The summed E-state index contributed by atoms with van der Waals surface area (Å²) in [5, 5.41) is 10.1. The highest BCUT2D eigenvalue weighted by atomic mass is 79.9. The van der Waals surface area contributed by atoms with Crippen molar-refractivity contribution in [3.05, 3.63) is 58.8 Å². The lowest BCUT2D eigenvalue weighted by Gasteiger charge is -2.06. The molecule has 3 nitrogen and oxygen atoms in total. The first-order valence-corrected chi connectivity index (χ1v) is 7.37. The summed E-state index contributed by atoms with van der Waals surface area (Å²) in [6.07, 6.45) is 0. The average Bonchev–Trinajstić information content (AvgIpc) is 2.82. The summed E-state index contributed by atoms with van der Waals surface area (Å²) in [6.45, 7) is 1.68. The Morgan fingerprint density at radius 2 is 1.90 bits per heavy atom. The zero-order valence-corrected chi connectivity index (χ0v) is 12.9. The molecule has 1 heterocycles. The monoisotopic (exact) mass is 344 g/mol. The lowest BCUT2D eigenvalue weighted by atomic mass is 9.97. The van der Waals surface area contributed by atoms with Crippen molar-refractivity contribution in [3.8, 4) is 11.1 Å². The molecule has 1 N–H and O–H groups in total. The maximum atomic E-state index is 11.2.